The average Bonchev–Trinajstić information content (AvgIpc) is 2.83. The summed E-state index contributed by atoms with van der Waals surface area (Å²) in [5.74, 6) is 0. The Balaban J connectivity index is 3.44. The lowest BCUT2D eigenvalue weighted by Gasteiger charge is -2.24. The fraction of sp³-hybridized carbons (Fsp3) is 0.875. The molecule has 0 aromatic heterocycles. The highest BCUT2D eigenvalue weighted by molar-refractivity contribution is 4.92. The van der Waals surface area contributed by atoms with Crippen LogP contribution < -0.4 is 0 Å². The third-order valence-electron chi connectivity index (χ3n) is 6.92. The van der Waals surface area contributed by atoms with Crippen LogP contribution in [0.4, 0.5) is 0 Å². The van der Waals surface area contributed by atoms with Gasteiger partial charge in [-0.25, -0.2) is 0 Å². The van der Waals surface area contributed by atoms with Crippen LogP contribution in [0.1, 0.15) is 149 Å². The highest BCUT2D eigenvalue weighted by Crippen LogP contribution is 2.13. The summed E-state index contributed by atoms with van der Waals surface area (Å²) in [7, 11) is 4.42. The number of ether oxygens (including phenoxy) is 1. The van der Waals surface area contributed by atoms with Crippen molar-refractivity contribution in [2.75, 3.05) is 27.3 Å². The fourth-order valence-corrected chi connectivity index (χ4v) is 4.42. The maximum absolute atomic E-state index is 6.04. The molecule has 0 saturated carbocycles. The van der Waals surface area contributed by atoms with Crippen molar-refractivity contribution < 1.29 is 4.74 Å². The lowest BCUT2D eigenvalue weighted by molar-refractivity contribution is 0.0721. The number of allylic oxidation sites excluding steroid dienone is 4. The average molecular weight is 478 g/mol. The lowest BCUT2D eigenvalue weighted by atomic mass is 10.0. The van der Waals surface area contributed by atoms with Gasteiger partial charge in [0.15, 0.2) is 0 Å². The first-order chi connectivity index (χ1) is 16.7. The van der Waals surface area contributed by atoms with Gasteiger partial charge in [0.25, 0.3) is 0 Å². The van der Waals surface area contributed by atoms with Crippen molar-refractivity contribution in [3.8, 4) is 0 Å². The smallest absolute Gasteiger partial charge is 0.0621 e. The van der Waals surface area contributed by atoms with Gasteiger partial charge >= 0.3 is 0 Å². The molecule has 0 saturated heterocycles. The van der Waals surface area contributed by atoms with E-state index in [1.807, 2.05) is 0 Å². The number of likely N-dealkylation sites (N-methyl/N-ethyl adjacent to an activating group) is 1. The molecular weight excluding hydrogens is 414 g/mol. The summed E-state index contributed by atoms with van der Waals surface area (Å²) < 4.78 is 6.04. The Labute approximate surface area is 216 Å². The summed E-state index contributed by atoms with van der Waals surface area (Å²) in [4.78, 5) is 2.36. The predicted octanol–water partition coefficient (Wildman–Crippen LogP) is 10.3. The Bertz CT molecular complexity index is 429. The van der Waals surface area contributed by atoms with E-state index in [1.54, 1.807) is 0 Å². The van der Waals surface area contributed by atoms with Crippen molar-refractivity contribution in [2.24, 2.45) is 0 Å². The molecule has 0 rings (SSSR count). The fourth-order valence-electron chi connectivity index (χ4n) is 4.42. The molecule has 34 heavy (non-hydrogen) atoms. The zero-order valence-electron chi connectivity index (χ0n) is 24.0. The number of rotatable bonds is 27. The second kappa shape index (κ2) is 28.6. The van der Waals surface area contributed by atoms with Crippen LogP contribution in [0.15, 0.2) is 24.3 Å². The Morgan fingerprint density at radius 3 is 1.62 bits per heavy atom. The molecular formula is C32H63NO. The molecule has 0 heterocycles. The maximum Gasteiger partial charge on any atom is 0.0621 e. The van der Waals surface area contributed by atoms with Crippen LogP contribution in [0.2, 0.25) is 0 Å². The number of hydrogen-bond acceptors (Lipinski definition) is 2. The van der Waals surface area contributed by atoms with Gasteiger partial charge in [-0.05, 0) is 59.0 Å². The molecule has 0 fully saturated rings. The van der Waals surface area contributed by atoms with Gasteiger partial charge in [-0.1, -0.05) is 128 Å². The third kappa shape index (κ3) is 26.0. The molecule has 0 unspecified atom stereocenters. The minimum atomic E-state index is 0.588. The van der Waals surface area contributed by atoms with Crippen LogP contribution in [0.3, 0.4) is 0 Å². The predicted molar refractivity (Wildman–Crippen MR) is 155 cm³/mol. The number of unbranched alkanes of at least 4 members (excludes halogenated alkanes) is 16. The van der Waals surface area contributed by atoms with Crippen molar-refractivity contribution in [1.29, 1.82) is 0 Å². The highest BCUT2D eigenvalue weighted by atomic mass is 16.5. The molecule has 0 bridgehead atoms. The minimum absolute atomic E-state index is 0.588. The van der Waals surface area contributed by atoms with Crippen molar-refractivity contribution in [3.05, 3.63) is 24.3 Å². The first kappa shape index (κ1) is 33.4. The van der Waals surface area contributed by atoms with Crippen molar-refractivity contribution in [1.82, 2.24) is 4.90 Å². The summed E-state index contributed by atoms with van der Waals surface area (Å²) in [5, 5.41) is 0. The first-order valence-corrected chi connectivity index (χ1v) is 15.3. The molecule has 0 amide bonds. The van der Waals surface area contributed by atoms with Gasteiger partial charge in [0.2, 0.25) is 0 Å². The van der Waals surface area contributed by atoms with E-state index < -0.39 is 0 Å². The van der Waals surface area contributed by atoms with E-state index in [-0.39, 0.29) is 0 Å². The second-order valence-corrected chi connectivity index (χ2v) is 10.5. The van der Waals surface area contributed by atoms with Crippen LogP contribution in [0.5, 0.6) is 0 Å². The van der Waals surface area contributed by atoms with Crippen LogP contribution in [0, 0.1) is 0 Å². The number of nitrogens with zero attached hydrogens (tertiary/aromatic N) is 1. The van der Waals surface area contributed by atoms with E-state index >= 15 is 0 Å². The summed E-state index contributed by atoms with van der Waals surface area (Å²) in [5.41, 5.74) is 0. The van der Waals surface area contributed by atoms with Crippen LogP contribution in [-0.2, 0) is 4.74 Å². The van der Waals surface area contributed by atoms with E-state index in [0.29, 0.717) is 6.04 Å². The van der Waals surface area contributed by atoms with Crippen molar-refractivity contribution in [3.63, 3.8) is 0 Å². The van der Waals surface area contributed by atoms with E-state index in [4.69, 9.17) is 4.74 Å². The van der Waals surface area contributed by atoms with Gasteiger partial charge in [0, 0.05) is 12.6 Å². The molecule has 0 spiro atoms. The van der Waals surface area contributed by atoms with Gasteiger partial charge < -0.3 is 9.64 Å². The van der Waals surface area contributed by atoms with Gasteiger partial charge in [-0.3, -0.25) is 0 Å². The van der Waals surface area contributed by atoms with Gasteiger partial charge in [0.1, 0.15) is 0 Å². The van der Waals surface area contributed by atoms with Crippen molar-refractivity contribution >= 4 is 0 Å². The molecule has 2 nitrogen and oxygen atoms in total. The summed E-state index contributed by atoms with van der Waals surface area (Å²) in [6.45, 7) is 6.41. The van der Waals surface area contributed by atoms with Gasteiger partial charge in [-0.15, -0.1) is 0 Å². The molecule has 2 heteroatoms. The monoisotopic (exact) mass is 477 g/mol. The second-order valence-electron chi connectivity index (χ2n) is 10.5. The van der Waals surface area contributed by atoms with E-state index in [1.165, 1.54) is 128 Å². The largest absolute Gasteiger partial charge is 0.380 e. The van der Waals surface area contributed by atoms with Crippen LogP contribution >= 0.6 is 0 Å². The minimum Gasteiger partial charge on any atom is -0.380 e. The Morgan fingerprint density at radius 2 is 1.03 bits per heavy atom. The molecule has 1 atom stereocenters. The topological polar surface area (TPSA) is 12.5 Å². The van der Waals surface area contributed by atoms with E-state index in [0.717, 1.165) is 19.6 Å². The highest BCUT2D eigenvalue weighted by Gasteiger charge is 2.11. The lowest BCUT2D eigenvalue weighted by Crippen LogP contribution is -2.32. The molecule has 0 N–H and O–H groups in total. The normalized spacial score (nSPS) is 13.1. The molecule has 0 aromatic rings. The zero-order valence-corrected chi connectivity index (χ0v) is 24.0. The van der Waals surface area contributed by atoms with Gasteiger partial charge in [0.05, 0.1) is 6.61 Å². The first-order valence-electron chi connectivity index (χ1n) is 15.3. The SMILES string of the molecule is CCCCCC=CCC=CCCCCCCCCOC[C@@H](CCCCCCCCCC)N(C)C. The van der Waals surface area contributed by atoms with E-state index in [9.17, 15) is 0 Å². The van der Waals surface area contributed by atoms with Gasteiger partial charge in [-0.2, -0.15) is 0 Å². The third-order valence-corrected chi connectivity index (χ3v) is 6.92. The number of hydrogen-bond donors (Lipinski definition) is 0. The molecule has 0 radical (unpaired) electrons. The van der Waals surface area contributed by atoms with Crippen molar-refractivity contribution in [2.45, 2.75) is 155 Å². The molecule has 0 aliphatic carbocycles. The van der Waals surface area contributed by atoms with E-state index in [2.05, 4.69) is 57.1 Å². The standard InChI is InChI=1S/C32H63NO/c1-5-7-9-11-13-15-16-17-18-19-20-21-22-24-26-28-30-34-31-32(33(3)4)29-27-25-23-14-12-10-8-6-2/h13,15,17-18,32H,5-12,14,16,19-31H2,1-4H3/t32-/m1/s1. The molecule has 202 valence electrons. The summed E-state index contributed by atoms with van der Waals surface area (Å²) >= 11 is 0. The molecule has 0 aliphatic heterocycles. The summed E-state index contributed by atoms with van der Waals surface area (Å²) in [6, 6.07) is 0.588. The molecule has 0 aliphatic rings. The quantitative estimate of drug-likeness (QED) is 0.0861. The van der Waals surface area contributed by atoms with Crippen LogP contribution in [0.25, 0.3) is 0 Å². The Morgan fingerprint density at radius 1 is 0.559 bits per heavy atom. The summed E-state index contributed by atoms with van der Waals surface area (Å²) in [6.07, 6.45) is 37.5. The Kier molecular flexibility index (Phi) is 28.1. The Hall–Kier alpha value is -0.600. The molecule has 0 aromatic carbocycles. The van der Waals surface area contributed by atoms with Crippen LogP contribution in [-0.4, -0.2) is 38.3 Å². The maximum atomic E-state index is 6.04. The zero-order chi connectivity index (χ0) is 25.0.